The summed E-state index contributed by atoms with van der Waals surface area (Å²) in [5, 5.41) is 0. The quantitative estimate of drug-likeness (QED) is 0.245. The fourth-order valence-electron chi connectivity index (χ4n) is 1.17. The van der Waals surface area contributed by atoms with Gasteiger partial charge in [0.15, 0.2) is 5.78 Å². The number of hydrogen-bond donors (Lipinski definition) is 0. The molecule has 0 aromatic heterocycles. The van der Waals surface area contributed by atoms with Crippen molar-refractivity contribution in [3.8, 4) is 5.75 Å². The number of carbonyl (C=O) groups is 1. The molecule has 82 valence electrons. The van der Waals surface area contributed by atoms with Crippen LogP contribution in [0.15, 0.2) is 18.2 Å². The van der Waals surface area contributed by atoms with Gasteiger partial charge < -0.3 is 4.74 Å². The lowest BCUT2D eigenvalue weighted by atomic mass is 10.1. The van der Waals surface area contributed by atoms with Crippen molar-refractivity contribution >= 4 is 5.78 Å². The molecule has 1 aromatic carbocycles. The smallest absolute Gasteiger partial charge is 0.221 e. The van der Waals surface area contributed by atoms with Crippen molar-refractivity contribution in [1.82, 2.24) is 0 Å². The molecule has 0 heterocycles. The van der Waals surface area contributed by atoms with Gasteiger partial charge >= 0.3 is 0 Å². The third-order valence-corrected chi connectivity index (χ3v) is 1.96. The highest BCUT2D eigenvalue weighted by atomic mass is 17.2. The molecule has 4 nitrogen and oxygen atoms in total. The number of carbonyl (C=O) groups excluding carboxylic acids is 1. The van der Waals surface area contributed by atoms with Crippen LogP contribution in [0.5, 0.6) is 5.75 Å². The van der Waals surface area contributed by atoms with E-state index in [1.54, 1.807) is 18.2 Å². The molecule has 0 fully saturated rings. The molecule has 0 aliphatic carbocycles. The molecule has 4 heteroatoms. The van der Waals surface area contributed by atoms with Gasteiger partial charge in [-0.05, 0) is 37.6 Å². The first-order valence-electron chi connectivity index (χ1n) is 4.55. The predicted molar refractivity (Wildman–Crippen MR) is 54.8 cm³/mol. The maximum Gasteiger partial charge on any atom is 0.221 e. The second-order valence-electron chi connectivity index (χ2n) is 3.08. The van der Waals surface area contributed by atoms with Crippen LogP contribution in [0.4, 0.5) is 0 Å². The van der Waals surface area contributed by atoms with E-state index in [4.69, 9.17) is 4.74 Å². The first-order valence-corrected chi connectivity index (χ1v) is 4.55. The fourth-order valence-corrected chi connectivity index (χ4v) is 1.17. The molecule has 0 aliphatic heterocycles. The summed E-state index contributed by atoms with van der Waals surface area (Å²) >= 11 is 0. The van der Waals surface area contributed by atoms with Gasteiger partial charge in [-0.1, -0.05) is 0 Å². The number of ketones is 1. The van der Waals surface area contributed by atoms with Crippen molar-refractivity contribution in [3.63, 3.8) is 0 Å². The molecule has 1 aromatic rings. The van der Waals surface area contributed by atoms with Crippen LogP contribution < -0.4 is 4.74 Å². The molecule has 0 amide bonds. The number of Topliss-reactive ketones (excluding diaryl/α,β-unsaturated/α-hetero) is 1. The van der Waals surface area contributed by atoms with E-state index in [1.807, 2.05) is 6.92 Å². The molecular formula is C11H14O4. The summed E-state index contributed by atoms with van der Waals surface area (Å²) in [5.41, 5.74) is 1.56. The van der Waals surface area contributed by atoms with Gasteiger partial charge in [-0.25, -0.2) is 4.89 Å². The predicted octanol–water partition coefficient (Wildman–Crippen LogP) is 2.11. The van der Waals surface area contributed by atoms with Gasteiger partial charge in [-0.3, -0.25) is 4.79 Å². The monoisotopic (exact) mass is 210 g/mol. The lowest BCUT2D eigenvalue weighted by molar-refractivity contribution is -0.303. The van der Waals surface area contributed by atoms with Crippen LogP contribution in [0.25, 0.3) is 0 Å². The average molecular weight is 210 g/mol. The van der Waals surface area contributed by atoms with E-state index in [0.717, 1.165) is 5.56 Å². The molecular weight excluding hydrogens is 196 g/mol. The van der Waals surface area contributed by atoms with Gasteiger partial charge in [0.05, 0.1) is 7.11 Å². The van der Waals surface area contributed by atoms with Gasteiger partial charge in [0.1, 0.15) is 5.75 Å². The van der Waals surface area contributed by atoms with Crippen molar-refractivity contribution in [1.29, 1.82) is 0 Å². The Kier molecular flexibility index (Phi) is 4.27. The van der Waals surface area contributed by atoms with Gasteiger partial charge in [0, 0.05) is 5.56 Å². The van der Waals surface area contributed by atoms with E-state index in [1.165, 1.54) is 14.0 Å². The Morgan fingerprint density at radius 1 is 1.40 bits per heavy atom. The number of benzene rings is 1. The second-order valence-corrected chi connectivity index (χ2v) is 3.08. The first kappa shape index (κ1) is 11.7. The van der Waals surface area contributed by atoms with E-state index in [-0.39, 0.29) is 12.6 Å². The highest BCUT2D eigenvalue weighted by Crippen LogP contribution is 2.19. The van der Waals surface area contributed by atoms with Crippen molar-refractivity contribution in [2.45, 2.75) is 13.8 Å². The van der Waals surface area contributed by atoms with Gasteiger partial charge in [-0.15, -0.1) is 0 Å². The van der Waals surface area contributed by atoms with E-state index in [0.29, 0.717) is 11.3 Å². The summed E-state index contributed by atoms with van der Waals surface area (Å²) in [6.45, 7) is 3.43. The summed E-state index contributed by atoms with van der Waals surface area (Å²) < 4.78 is 5.25. The standard InChI is InChI=1S/C11H14O4/c1-8-6-10(9(2)12)4-5-11(8)14-7-15-13-3/h4-6H,7H2,1-3H3. The minimum atomic E-state index is 0.0246. The lowest BCUT2D eigenvalue weighted by Gasteiger charge is -2.08. The van der Waals surface area contributed by atoms with Crippen LogP contribution in [0.2, 0.25) is 0 Å². The van der Waals surface area contributed by atoms with Crippen molar-refractivity contribution in [2.75, 3.05) is 13.9 Å². The normalized spacial score (nSPS) is 10.1. The zero-order valence-corrected chi connectivity index (χ0v) is 9.07. The first-order chi connectivity index (χ1) is 7.15. The van der Waals surface area contributed by atoms with E-state index >= 15 is 0 Å². The summed E-state index contributed by atoms with van der Waals surface area (Å²) in [5.74, 6) is 0.717. The van der Waals surface area contributed by atoms with Crippen LogP contribution in [-0.4, -0.2) is 19.7 Å². The maximum atomic E-state index is 11.1. The SMILES string of the molecule is COOCOc1ccc(C(C)=O)cc1C. The Morgan fingerprint density at radius 2 is 2.13 bits per heavy atom. The van der Waals surface area contributed by atoms with Gasteiger partial charge in [0.25, 0.3) is 0 Å². The lowest BCUT2D eigenvalue weighted by Crippen LogP contribution is -2.03. The third kappa shape index (κ3) is 3.34. The highest BCUT2D eigenvalue weighted by Gasteiger charge is 2.04. The Bertz CT molecular complexity index is 346. The van der Waals surface area contributed by atoms with Crippen molar-refractivity contribution in [3.05, 3.63) is 29.3 Å². The van der Waals surface area contributed by atoms with Crippen molar-refractivity contribution < 1.29 is 19.3 Å². The Hall–Kier alpha value is -1.39. The number of ether oxygens (including phenoxy) is 1. The minimum Gasteiger partial charge on any atom is -0.464 e. The van der Waals surface area contributed by atoms with E-state index in [9.17, 15) is 4.79 Å². The van der Waals surface area contributed by atoms with Crippen molar-refractivity contribution in [2.24, 2.45) is 0 Å². The molecule has 0 N–H and O–H groups in total. The van der Waals surface area contributed by atoms with Crippen LogP contribution >= 0.6 is 0 Å². The second kappa shape index (κ2) is 5.48. The molecule has 0 unspecified atom stereocenters. The van der Waals surface area contributed by atoms with Gasteiger partial charge in [0.2, 0.25) is 6.79 Å². The van der Waals surface area contributed by atoms with Gasteiger partial charge in [-0.2, -0.15) is 4.89 Å². The Balaban J connectivity index is 2.70. The molecule has 1 rings (SSSR count). The summed E-state index contributed by atoms with van der Waals surface area (Å²) in [7, 11) is 1.41. The summed E-state index contributed by atoms with van der Waals surface area (Å²) in [6, 6.07) is 5.24. The maximum absolute atomic E-state index is 11.1. The van der Waals surface area contributed by atoms with E-state index < -0.39 is 0 Å². The molecule has 0 bridgehead atoms. The molecule has 0 atom stereocenters. The molecule has 0 saturated carbocycles. The zero-order valence-electron chi connectivity index (χ0n) is 9.07. The number of hydrogen-bond acceptors (Lipinski definition) is 4. The van der Waals surface area contributed by atoms with Crippen LogP contribution in [0.3, 0.4) is 0 Å². The van der Waals surface area contributed by atoms with Crippen LogP contribution in [0, 0.1) is 6.92 Å². The molecule has 0 radical (unpaired) electrons. The number of aryl methyl sites for hydroxylation is 1. The summed E-state index contributed by atoms with van der Waals surface area (Å²) in [6.07, 6.45) is 0. The Labute approximate surface area is 88.7 Å². The highest BCUT2D eigenvalue weighted by molar-refractivity contribution is 5.94. The molecule has 15 heavy (non-hydrogen) atoms. The molecule has 0 saturated heterocycles. The third-order valence-electron chi connectivity index (χ3n) is 1.96. The summed E-state index contributed by atoms with van der Waals surface area (Å²) in [4.78, 5) is 20.1. The average Bonchev–Trinajstić information content (AvgIpc) is 2.20. The van der Waals surface area contributed by atoms with E-state index in [2.05, 4.69) is 9.78 Å². The Morgan fingerprint density at radius 3 is 2.67 bits per heavy atom. The topological polar surface area (TPSA) is 44.8 Å². The van der Waals surface area contributed by atoms with Crippen LogP contribution in [-0.2, 0) is 9.78 Å². The fraction of sp³-hybridized carbons (Fsp3) is 0.364. The molecule has 0 spiro atoms. The number of rotatable bonds is 5. The minimum absolute atomic E-state index is 0.0246. The zero-order chi connectivity index (χ0) is 11.3. The molecule has 0 aliphatic rings. The van der Waals surface area contributed by atoms with Crippen LogP contribution in [0.1, 0.15) is 22.8 Å². The largest absolute Gasteiger partial charge is 0.464 e.